The second-order valence-electron chi connectivity index (χ2n) is 7.89. The molecule has 1 aromatic heterocycles. The molecule has 0 bridgehead atoms. The van der Waals surface area contributed by atoms with Crippen LogP contribution < -0.4 is 5.46 Å². The largest absolute Gasteiger partial charge is 0.460 e. The molecule has 1 aromatic rings. The van der Waals surface area contributed by atoms with Crippen LogP contribution in [0.25, 0.3) is 0 Å². The van der Waals surface area contributed by atoms with E-state index in [1.54, 1.807) is 0 Å². The maximum absolute atomic E-state index is 12.3. The number of rotatable bonds is 2. The van der Waals surface area contributed by atoms with E-state index in [1.807, 2.05) is 27.0 Å². The van der Waals surface area contributed by atoms with Crippen LogP contribution in [0.1, 0.15) is 26.0 Å². The number of carbonyl (C=O) groups excluding carboxylic acids is 1. The maximum Gasteiger partial charge on any atom is 0.338 e. The number of aromatic nitrogens is 1. The number of cyclic esters (lactones) is 1. The molecule has 0 spiro atoms. The zero-order valence-electron chi connectivity index (χ0n) is 14.4. The van der Waals surface area contributed by atoms with E-state index in [4.69, 9.17) is 9.47 Å². The first-order valence-corrected chi connectivity index (χ1v) is 8.86. The topological polar surface area (TPSA) is 68.7 Å². The van der Waals surface area contributed by atoms with Crippen molar-refractivity contribution < 1.29 is 19.4 Å². The summed E-state index contributed by atoms with van der Waals surface area (Å²) in [6, 6.07) is 4.09. The van der Waals surface area contributed by atoms with E-state index in [2.05, 4.69) is 18.0 Å². The van der Waals surface area contributed by atoms with E-state index in [-0.39, 0.29) is 30.0 Å². The monoisotopic (exact) mass is 329 g/mol. The highest BCUT2D eigenvalue weighted by Crippen LogP contribution is 2.55. The Kier molecular flexibility index (Phi) is 3.73. The summed E-state index contributed by atoms with van der Waals surface area (Å²) in [5, 5.41) is 11.0. The van der Waals surface area contributed by atoms with Crippen LogP contribution in [0, 0.1) is 23.7 Å². The molecule has 2 saturated heterocycles. The number of hydrogen-bond donors (Lipinski definition) is 1. The van der Waals surface area contributed by atoms with Gasteiger partial charge >= 0.3 is 5.97 Å². The third kappa shape index (κ3) is 2.31. The fourth-order valence-electron chi connectivity index (χ4n) is 5.16. The summed E-state index contributed by atoms with van der Waals surface area (Å²) < 4.78 is 11.5. The van der Waals surface area contributed by atoms with E-state index < -0.39 is 11.6 Å². The highest BCUT2D eigenvalue weighted by Gasteiger charge is 2.65. The average Bonchev–Trinajstić information content (AvgIpc) is 3.02. The van der Waals surface area contributed by atoms with Crippen LogP contribution in [0.15, 0.2) is 18.3 Å². The van der Waals surface area contributed by atoms with Crippen molar-refractivity contribution in [3.63, 3.8) is 0 Å². The van der Waals surface area contributed by atoms with Gasteiger partial charge in [0.25, 0.3) is 0 Å². The van der Waals surface area contributed by atoms with E-state index in [9.17, 15) is 9.90 Å². The summed E-state index contributed by atoms with van der Waals surface area (Å²) in [5.41, 5.74) is 0.770. The smallest absolute Gasteiger partial charge is 0.338 e. The molecule has 3 aliphatic rings. The first-order chi connectivity index (χ1) is 11.4. The fourth-order valence-corrected chi connectivity index (χ4v) is 5.16. The van der Waals surface area contributed by atoms with Crippen LogP contribution in [-0.4, -0.2) is 48.3 Å². The standard InChI is InChI=1S/C18H24BNO4/c1-9-6-18(22)16(10(2)24-17(18)21)15-13(9)8-23-14(15)5-12-4-3-11(19)7-20-12/h3-4,7,9-10,13-16,22H,5-6,8,19H2,1-2H3/t9-,10+,13?,14?,15+,16-,18-/m0/s1. The molecule has 0 aromatic carbocycles. The second kappa shape index (κ2) is 5.56. The first-order valence-electron chi connectivity index (χ1n) is 8.86. The van der Waals surface area contributed by atoms with Crippen molar-refractivity contribution in [1.29, 1.82) is 0 Å². The Morgan fingerprint density at radius 3 is 2.92 bits per heavy atom. The number of carbonyl (C=O) groups is 1. The second-order valence-corrected chi connectivity index (χ2v) is 7.89. The van der Waals surface area contributed by atoms with Crippen LogP contribution in [0.3, 0.4) is 0 Å². The van der Waals surface area contributed by atoms with Gasteiger partial charge in [-0.2, -0.15) is 0 Å². The molecule has 0 amide bonds. The van der Waals surface area contributed by atoms with Crippen LogP contribution in [0.2, 0.25) is 0 Å². The molecule has 5 nitrogen and oxygen atoms in total. The van der Waals surface area contributed by atoms with E-state index in [0.29, 0.717) is 25.4 Å². The van der Waals surface area contributed by atoms with Crippen LogP contribution in [-0.2, 0) is 20.7 Å². The molecule has 7 atom stereocenters. The number of aliphatic hydroxyl groups is 1. The molecule has 2 aliphatic heterocycles. The minimum Gasteiger partial charge on any atom is -0.460 e. The van der Waals surface area contributed by atoms with Crippen molar-refractivity contribution in [1.82, 2.24) is 4.98 Å². The predicted octanol–water partition coefficient (Wildman–Crippen LogP) is -0.154. The first kappa shape index (κ1) is 16.1. The van der Waals surface area contributed by atoms with E-state index in [0.717, 1.165) is 11.2 Å². The molecule has 0 radical (unpaired) electrons. The summed E-state index contributed by atoms with van der Waals surface area (Å²) >= 11 is 0. The highest BCUT2D eigenvalue weighted by atomic mass is 16.6. The molecule has 24 heavy (non-hydrogen) atoms. The molecule has 1 aliphatic carbocycles. The van der Waals surface area contributed by atoms with E-state index >= 15 is 0 Å². The molecule has 1 N–H and O–H groups in total. The van der Waals surface area contributed by atoms with Gasteiger partial charge in [-0.25, -0.2) is 4.79 Å². The van der Waals surface area contributed by atoms with Gasteiger partial charge in [0.05, 0.1) is 12.7 Å². The van der Waals surface area contributed by atoms with Gasteiger partial charge in [0, 0.05) is 30.1 Å². The predicted molar refractivity (Wildman–Crippen MR) is 90.6 cm³/mol. The Morgan fingerprint density at radius 2 is 2.21 bits per heavy atom. The molecule has 1 saturated carbocycles. The lowest BCUT2D eigenvalue weighted by Crippen LogP contribution is -2.55. The summed E-state index contributed by atoms with van der Waals surface area (Å²) in [5.74, 6) is 0.0876. The minimum atomic E-state index is -1.35. The van der Waals surface area contributed by atoms with Gasteiger partial charge in [0.15, 0.2) is 5.60 Å². The van der Waals surface area contributed by atoms with Crippen LogP contribution in [0.4, 0.5) is 0 Å². The SMILES string of the molecule is Bc1ccc(CC2OCC3[C@H]2[C@@H]2[C@@H](C)OC(=O)[C@]2(O)C[C@@H]3C)nc1. The van der Waals surface area contributed by atoms with Gasteiger partial charge in [-0.3, -0.25) is 4.98 Å². The average molecular weight is 329 g/mol. The molecule has 6 heteroatoms. The Hall–Kier alpha value is -1.40. The zero-order chi connectivity index (χ0) is 17.1. The van der Waals surface area contributed by atoms with Gasteiger partial charge in [-0.05, 0) is 31.2 Å². The van der Waals surface area contributed by atoms with Crippen molar-refractivity contribution in [2.45, 2.75) is 44.5 Å². The van der Waals surface area contributed by atoms with Crippen LogP contribution in [0.5, 0.6) is 0 Å². The fraction of sp³-hybridized carbons (Fsp3) is 0.667. The number of pyridine rings is 1. The van der Waals surface area contributed by atoms with Crippen molar-refractivity contribution >= 4 is 19.3 Å². The Balaban J connectivity index is 1.64. The number of fused-ring (bicyclic) bond motifs is 3. The highest BCUT2D eigenvalue weighted by molar-refractivity contribution is 6.32. The van der Waals surface area contributed by atoms with Crippen molar-refractivity contribution in [2.75, 3.05) is 6.61 Å². The Morgan fingerprint density at radius 1 is 1.42 bits per heavy atom. The van der Waals surface area contributed by atoms with Crippen molar-refractivity contribution in [2.24, 2.45) is 23.7 Å². The maximum atomic E-state index is 12.3. The summed E-state index contributed by atoms with van der Waals surface area (Å²) in [4.78, 5) is 16.7. The molecular formula is C18H24BNO4. The number of esters is 1. The molecule has 2 unspecified atom stereocenters. The van der Waals surface area contributed by atoms with Gasteiger partial charge in [-0.1, -0.05) is 18.5 Å². The Bertz CT molecular complexity index is 651. The van der Waals surface area contributed by atoms with Gasteiger partial charge < -0.3 is 14.6 Å². The quantitative estimate of drug-likeness (QED) is 0.604. The third-order valence-corrected chi connectivity index (χ3v) is 6.29. The summed E-state index contributed by atoms with van der Waals surface area (Å²) in [6.07, 6.45) is 2.76. The molecular weight excluding hydrogens is 305 g/mol. The van der Waals surface area contributed by atoms with Crippen LogP contribution >= 0.6 is 0 Å². The third-order valence-electron chi connectivity index (χ3n) is 6.29. The van der Waals surface area contributed by atoms with Gasteiger partial charge in [0.1, 0.15) is 14.0 Å². The summed E-state index contributed by atoms with van der Waals surface area (Å²) in [7, 11) is 2.02. The zero-order valence-corrected chi connectivity index (χ0v) is 14.4. The molecule has 4 rings (SSSR count). The lowest BCUT2D eigenvalue weighted by atomic mass is 9.59. The molecule has 3 fully saturated rings. The number of ether oxygens (including phenoxy) is 2. The van der Waals surface area contributed by atoms with Crippen molar-refractivity contribution in [3.8, 4) is 0 Å². The lowest BCUT2D eigenvalue weighted by Gasteiger charge is -2.44. The number of hydrogen-bond acceptors (Lipinski definition) is 5. The summed E-state index contributed by atoms with van der Waals surface area (Å²) in [6.45, 7) is 4.70. The van der Waals surface area contributed by atoms with Gasteiger partial charge in [0.2, 0.25) is 0 Å². The molecule has 128 valence electrons. The lowest BCUT2D eigenvalue weighted by molar-refractivity contribution is -0.161. The van der Waals surface area contributed by atoms with Gasteiger partial charge in [-0.15, -0.1) is 0 Å². The Labute approximate surface area is 143 Å². The minimum absolute atomic E-state index is 0.0265. The normalized spacial score (nSPS) is 44.0. The van der Waals surface area contributed by atoms with E-state index in [1.165, 1.54) is 0 Å². The molecule has 3 heterocycles. The number of nitrogens with zero attached hydrogens (tertiary/aromatic N) is 1. The van der Waals surface area contributed by atoms with Crippen molar-refractivity contribution in [3.05, 3.63) is 24.0 Å².